The van der Waals surface area contributed by atoms with Crippen molar-refractivity contribution < 1.29 is 0 Å². The molecule has 1 N–H and O–H groups in total. The molecule has 1 aromatic heterocycles. The van der Waals surface area contributed by atoms with Crippen molar-refractivity contribution in [2.24, 2.45) is 0 Å². The van der Waals surface area contributed by atoms with E-state index in [4.69, 9.17) is 23.2 Å². The van der Waals surface area contributed by atoms with Crippen LogP contribution < -0.4 is 5.32 Å². The first-order valence-corrected chi connectivity index (χ1v) is 8.92. The van der Waals surface area contributed by atoms with Crippen molar-refractivity contribution in [2.45, 2.75) is 31.8 Å². The maximum atomic E-state index is 6.40. The molecule has 6 heteroatoms. The Morgan fingerprint density at radius 1 is 1.16 bits per heavy atom. The van der Waals surface area contributed by atoms with Gasteiger partial charge >= 0.3 is 0 Å². The Morgan fingerprint density at radius 2 is 1.92 bits per heavy atom. The minimum atomic E-state index is -0.333. The number of nitrogens with zero attached hydrogens (tertiary/aromatic N) is 3. The van der Waals surface area contributed by atoms with Gasteiger partial charge in [-0.05, 0) is 37.1 Å². The summed E-state index contributed by atoms with van der Waals surface area (Å²) in [6.45, 7) is 4.30. The maximum Gasteiger partial charge on any atom is 0.137 e. The van der Waals surface area contributed by atoms with Gasteiger partial charge in [-0.3, -0.25) is 0 Å². The molecular formula is C19H20Cl2N4. The van der Waals surface area contributed by atoms with Gasteiger partial charge in [0, 0.05) is 5.02 Å². The van der Waals surface area contributed by atoms with E-state index in [1.54, 1.807) is 18.7 Å². The minimum absolute atomic E-state index is 0.0564. The molecule has 2 aromatic carbocycles. The number of anilines is 1. The summed E-state index contributed by atoms with van der Waals surface area (Å²) >= 11 is 12.4. The van der Waals surface area contributed by atoms with Crippen LogP contribution >= 0.6 is 23.2 Å². The minimum Gasteiger partial charge on any atom is -0.375 e. The highest BCUT2D eigenvalue weighted by atomic mass is 35.5. The molecule has 0 aliphatic heterocycles. The van der Waals surface area contributed by atoms with Crippen LogP contribution in [0.1, 0.15) is 31.9 Å². The topological polar surface area (TPSA) is 42.7 Å². The van der Waals surface area contributed by atoms with Gasteiger partial charge in [-0.2, -0.15) is 5.10 Å². The largest absolute Gasteiger partial charge is 0.375 e. The molecule has 0 aliphatic carbocycles. The first-order valence-electron chi connectivity index (χ1n) is 8.16. The number of halogens is 2. The molecule has 2 unspecified atom stereocenters. The third kappa shape index (κ3) is 3.65. The highest BCUT2D eigenvalue weighted by molar-refractivity contribution is 6.36. The first kappa shape index (κ1) is 17.8. The number of hydrogen-bond acceptors (Lipinski definition) is 3. The van der Waals surface area contributed by atoms with E-state index in [0.29, 0.717) is 10.0 Å². The van der Waals surface area contributed by atoms with Crippen LogP contribution in [-0.4, -0.2) is 14.8 Å². The molecule has 0 saturated heterocycles. The Labute approximate surface area is 157 Å². The quantitative estimate of drug-likeness (QED) is 0.613. The molecule has 0 spiro atoms. The van der Waals surface area contributed by atoms with Gasteiger partial charge < -0.3 is 5.32 Å². The summed E-state index contributed by atoms with van der Waals surface area (Å²) in [5.41, 5.74) is 1.65. The predicted molar refractivity (Wildman–Crippen MR) is 103 cm³/mol. The Hall–Kier alpha value is -2.04. The van der Waals surface area contributed by atoms with Gasteiger partial charge in [0.25, 0.3) is 0 Å². The van der Waals surface area contributed by atoms with Crippen LogP contribution in [0.5, 0.6) is 0 Å². The summed E-state index contributed by atoms with van der Waals surface area (Å²) in [5.74, 6) is 0. The van der Waals surface area contributed by atoms with Crippen molar-refractivity contribution in [2.75, 3.05) is 5.32 Å². The average molecular weight is 375 g/mol. The molecule has 0 bridgehead atoms. The fraction of sp³-hybridized carbons (Fsp3) is 0.263. The van der Waals surface area contributed by atoms with Crippen LogP contribution in [0.15, 0.2) is 61.2 Å². The van der Waals surface area contributed by atoms with Gasteiger partial charge in [0.15, 0.2) is 0 Å². The van der Waals surface area contributed by atoms with Gasteiger partial charge in [0.1, 0.15) is 12.7 Å². The Kier molecular flexibility index (Phi) is 5.30. The Bertz CT molecular complexity index is 821. The normalized spacial score (nSPS) is 14.7. The van der Waals surface area contributed by atoms with Crippen molar-refractivity contribution in [3.8, 4) is 0 Å². The van der Waals surface area contributed by atoms with E-state index in [2.05, 4.69) is 41.4 Å². The summed E-state index contributed by atoms with van der Waals surface area (Å²) in [4.78, 5) is 4.13. The zero-order valence-corrected chi connectivity index (χ0v) is 15.7. The van der Waals surface area contributed by atoms with Crippen LogP contribution in [-0.2, 0) is 5.54 Å². The van der Waals surface area contributed by atoms with E-state index in [0.717, 1.165) is 17.7 Å². The monoisotopic (exact) mass is 374 g/mol. The van der Waals surface area contributed by atoms with Crippen LogP contribution in [0.4, 0.5) is 5.69 Å². The number of rotatable bonds is 6. The molecule has 0 radical (unpaired) electrons. The van der Waals surface area contributed by atoms with E-state index in [-0.39, 0.29) is 11.6 Å². The summed E-state index contributed by atoms with van der Waals surface area (Å²) in [6, 6.07) is 15.7. The summed E-state index contributed by atoms with van der Waals surface area (Å²) in [7, 11) is 0. The van der Waals surface area contributed by atoms with E-state index in [1.165, 1.54) is 0 Å². The first-order chi connectivity index (χ1) is 12.0. The molecule has 0 amide bonds. The van der Waals surface area contributed by atoms with Gasteiger partial charge in [0.2, 0.25) is 0 Å². The second-order valence-corrected chi connectivity index (χ2v) is 7.01. The lowest BCUT2D eigenvalue weighted by molar-refractivity contribution is 0.232. The lowest BCUT2D eigenvalue weighted by Gasteiger charge is -2.38. The molecule has 130 valence electrons. The summed E-state index contributed by atoms with van der Waals surface area (Å²) in [6.07, 6.45) is 4.17. The lowest BCUT2D eigenvalue weighted by atomic mass is 9.84. The van der Waals surface area contributed by atoms with Crippen molar-refractivity contribution in [3.63, 3.8) is 0 Å². The molecule has 4 nitrogen and oxygen atoms in total. The van der Waals surface area contributed by atoms with Gasteiger partial charge in [-0.25, -0.2) is 9.67 Å². The Morgan fingerprint density at radius 3 is 2.52 bits per heavy atom. The second-order valence-electron chi connectivity index (χ2n) is 6.16. The Balaban J connectivity index is 2.07. The molecule has 25 heavy (non-hydrogen) atoms. The molecule has 0 saturated carbocycles. The fourth-order valence-corrected chi connectivity index (χ4v) is 3.44. The smallest absolute Gasteiger partial charge is 0.137 e. The highest BCUT2D eigenvalue weighted by Crippen LogP contribution is 2.39. The molecule has 0 fully saturated rings. The average Bonchev–Trinajstić information content (AvgIpc) is 3.16. The van der Waals surface area contributed by atoms with Gasteiger partial charge in [-0.1, -0.05) is 60.5 Å². The van der Waals surface area contributed by atoms with Crippen molar-refractivity contribution >= 4 is 28.9 Å². The molecule has 1 heterocycles. The van der Waals surface area contributed by atoms with Crippen molar-refractivity contribution in [3.05, 3.63) is 76.8 Å². The third-order valence-corrected chi connectivity index (χ3v) is 5.19. The second kappa shape index (κ2) is 7.46. The van der Waals surface area contributed by atoms with E-state index in [9.17, 15) is 0 Å². The summed E-state index contributed by atoms with van der Waals surface area (Å²) in [5, 5.41) is 9.19. The fourth-order valence-electron chi connectivity index (χ4n) is 2.98. The SMILES string of the molecule is CCC(C)(C(Nc1ccc(Cl)cc1Cl)c1ccccc1)n1cncn1. The van der Waals surface area contributed by atoms with E-state index in [1.807, 2.05) is 35.0 Å². The molecule has 0 aliphatic rings. The van der Waals surface area contributed by atoms with Crippen LogP contribution in [0.25, 0.3) is 0 Å². The van der Waals surface area contributed by atoms with E-state index < -0.39 is 0 Å². The van der Waals surface area contributed by atoms with Gasteiger partial charge in [-0.15, -0.1) is 0 Å². The summed E-state index contributed by atoms with van der Waals surface area (Å²) < 4.78 is 1.90. The van der Waals surface area contributed by atoms with Crippen molar-refractivity contribution in [1.82, 2.24) is 14.8 Å². The van der Waals surface area contributed by atoms with Gasteiger partial charge in [0.05, 0.1) is 22.3 Å². The molecule has 3 aromatic rings. The molecule has 3 rings (SSSR count). The number of nitrogens with one attached hydrogen (secondary N) is 1. The highest BCUT2D eigenvalue weighted by Gasteiger charge is 2.36. The van der Waals surface area contributed by atoms with Crippen LogP contribution in [0.3, 0.4) is 0 Å². The zero-order chi connectivity index (χ0) is 17.9. The third-order valence-electron chi connectivity index (χ3n) is 4.64. The number of benzene rings is 2. The van der Waals surface area contributed by atoms with Crippen molar-refractivity contribution in [1.29, 1.82) is 0 Å². The maximum absolute atomic E-state index is 6.40. The zero-order valence-electron chi connectivity index (χ0n) is 14.2. The lowest BCUT2D eigenvalue weighted by Crippen LogP contribution is -2.40. The van der Waals surface area contributed by atoms with Crippen LogP contribution in [0.2, 0.25) is 10.0 Å². The van der Waals surface area contributed by atoms with E-state index >= 15 is 0 Å². The standard InChI is InChI=1S/C19H20Cl2N4/c1-3-19(2,25-13-22-12-23-25)18(14-7-5-4-6-8-14)24-17-10-9-15(20)11-16(17)21/h4-13,18,24H,3H2,1-2H3. The van der Waals surface area contributed by atoms with Crippen LogP contribution in [0, 0.1) is 0 Å². The molecular weight excluding hydrogens is 355 g/mol. The predicted octanol–water partition coefficient (Wildman–Crippen LogP) is 5.56. The molecule has 2 atom stereocenters. The number of hydrogen-bond donors (Lipinski definition) is 1. The number of aromatic nitrogens is 3.